The van der Waals surface area contributed by atoms with Gasteiger partial charge in [0.2, 0.25) is 0 Å². The number of fused-ring (bicyclic) bond motifs is 6. The summed E-state index contributed by atoms with van der Waals surface area (Å²) in [6, 6.07) is 74.5. The molecule has 0 bridgehead atoms. The molecular weight excluding hydrogens is 697 g/mol. The molecule has 0 N–H and O–H groups in total. The zero-order valence-electron chi connectivity index (χ0n) is 30.4. The SMILES string of the molecule is c1ccc(-c2nc(-c3cccc(-c4cccc(C5(c6ccccc6)c6ccccc6-c6ccccc65)c4)c3)cc(-c3cccc4c3sc3ccccc34)n2)cc1. The molecule has 0 fully saturated rings. The second-order valence-corrected chi connectivity index (χ2v) is 15.5. The molecule has 11 rings (SSSR count). The molecule has 1 aliphatic carbocycles. The van der Waals surface area contributed by atoms with Gasteiger partial charge in [0.15, 0.2) is 5.82 Å². The van der Waals surface area contributed by atoms with E-state index in [0.29, 0.717) is 5.82 Å². The summed E-state index contributed by atoms with van der Waals surface area (Å²) in [6.45, 7) is 0. The highest BCUT2D eigenvalue weighted by molar-refractivity contribution is 7.26. The van der Waals surface area contributed by atoms with Gasteiger partial charge in [-0.2, -0.15) is 0 Å². The topological polar surface area (TPSA) is 25.8 Å². The number of aromatic nitrogens is 2. The Labute approximate surface area is 330 Å². The molecule has 2 aromatic heterocycles. The van der Waals surface area contributed by atoms with Crippen molar-refractivity contribution >= 4 is 31.5 Å². The third kappa shape index (κ3) is 5.09. The fraction of sp³-hybridized carbons (Fsp3) is 0.0189. The van der Waals surface area contributed by atoms with Gasteiger partial charge >= 0.3 is 0 Å². The van der Waals surface area contributed by atoms with E-state index in [4.69, 9.17) is 9.97 Å². The van der Waals surface area contributed by atoms with Crippen molar-refractivity contribution in [1.29, 1.82) is 0 Å². The zero-order valence-corrected chi connectivity index (χ0v) is 31.2. The molecule has 0 unspecified atom stereocenters. The number of hydrogen-bond acceptors (Lipinski definition) is 3. The number of rotatable bonds is 6. The third-order valence-corrected chi connectivity index (χ3v) is 12.6. The fourth-order valence-electron chi connectivity index (χ4n) is 8.90. The van der Waals surface area contributed by atoms with E-state index in [1.807, 2.05) is 17.4 Å². The lowest BCUT2D eigenvalue weighted by molar-refractivity contribution is 0.769. The lowest BCUT2D eigenvalue weighted by Crippen LogP contribution is -2.28. The molecule has 8 aromatic carbocycles. The molecule has 3 heteroatoms. The fourth-order valence-corrected chi connectivity index (χ4v) is 10.1. The first-order chi connectivity index (χ1) is 27.8. The Bertz CT molecular complexity index is 3040. The van der Waals surface area contributed by atoms with E-state index in [2.05, 4.69) is 200 Å². The summed E-state index contributed by atoms with van der Waals surface area (Å²) in [5, 5.41) is 2.53. The molecule has 1 aliphatic rings. The predicted octanol–water partition coefficient (Wildman–Crippen LogP) is 13.9. The minimum absolute atomic E-state index is 0.457. The maximum Gasteiger partial charge on any atom is 0.160 e. The van der Waals surface area contributed by atoms with Crippen molar-refractivity contribution in [1.82, 2.24) is 9.97 Å². The molecule has 0 amide bonds. The minimum Gasteiger partial charge on any atom is -0.228 e. The van der Waals surface area contributed by atoms with Gasteiger partial charge in [-0.1, -0.05) is 182 Å². The molecule has 0 spiro atoms. The monoisotopic (exact) mass is 730 g/mol. The average Bonchev–Trinajstić information content (AvgIpc) is 3.81. The summed E-state index contributed by atoms with van der Waals surface area (Å²) < 4.78 is 2.52. The maximum atomic E-state index is 5.23. The summed E-state index contributed by atoms with van der Waals surface area (Å²) in [5.74, 6) is 0.715. The van der Waals surface area contributed by atoms with Gasteiger partial charge in [-0.05, 0) is 68.8 Å². The molecule has 56 heavy (non-hydrogen) atoms. The quantitative estimate of drug-likeness (QED) is 0.170. The van der Waals surface area contributed by atoms with Crippen LogP contribution in [0.2, 0.25) is 0 Å². The van der Waals surface area contributed by atoms with Crippen molar-refractivity contribution in [2.75, 3.05) is 0 Å². The van der Waals surface area contributed by atoms with Gasteiger partial charge in [0.1, 0.15) is 0 Å². The van der Waals surface area contributed by atoms with Crippen LogP contribution in [0.1, 0.15) is 22.3 Å². The van der Waals surface area contributed by atoms with Crippen LogP contribution in [0.4, 0.5) is 0 Å². The van der Waals surface area contributed by atoms with Crippen LogP contribution >= 0.6 is 11.3 Å². The first-order valence-corrected chi connectivity index (χ1v) is 19.9. The predicted molar refractivity (Wildman–Crippen MR) is 234 cm³/mol. The standard InChI is InChI=1S/C53H34N2S/c1-3-16-35(17-4-1)52-54-48(34-49(55-52)45-28-15-27-44-43-26-9-12-31-50(43)56-51(44)45)38-20-13-18-36(32-38)37-19-14-23-40(33-37)53(39-21-5-2-6-22-39)46-29-10-7-24-41(46)42-25-8-11-30-47(42)53/h1-34H. The average molecular weight is 731 g/mol. The Morgan fingerprint density at radius 1 is 0.357 bits per heavy atom. The maximum absolute atomic E-state index is 5.23. The Hall–Kier alpha value is -6.94. The van der Waals surface area contributed by atoms with Gasteiger partial charge in [0.05, 0.1) is 16.8 Å². The molecule has 0 radical (unpaired) electrons. The summed E-state index contributed by atoms with van der Waals surface area (Å²) in [4.78, 5) is 10.5. The molecule has 0 saturated carbocycles. The van der Waals surface area contributed by atoms with Gasteiger partial charge in [-0.25, -0.2) is 9.97 Å². The van der Waals surface area contributed by atoms with Crippen molar-refractivity contribution in [2.45, 2.75) is 5.41 Å². The first kappa shape index (κ1) is 32.5. The lowest BCUT2D eigenvalue weighted by atomic mass is 9.67. The van der Waals surface area contributed by atoms with Crippen molar-refractivity contribution < 1.29 is 0 Å². The Balaban J connectivity index is 1.08. The van der Waals surface area contributed by atoms with E-state index < -0.39 is 5.41 Å². The van der Waals surface area contributed by atoms with E-state index >= 15 is 0 Å². The van der Waals surface area contributed by atoms with Crippen molar-refractivity contribution in [2.24, 2.45) is 0 Å². The van der Waals surface area contributed by atoms with Crippen LogP contribution in [0, 0.1) is 0 Å². The zero-order chi connectivity index (χ0) is 37.1. The Morgan fingerprint density at radius 2 is 0.893 bits per heavy atom. The van der Waals surface area contributed by atoms with Gasteiger partial charge < -0.3 is 0 Å². The summed E-state index contributed by atoms with van der Waals surface area (Å²) in [6.07, 6.45) is 0. The second kappa shape index (κ2) is 13.1. The van der Waals surface area contributed by atoms with Crippen LogP contribution < -0.4 is 0 Å². The smallest absolute Gasteiger partial charge is 0.160 e. The third-order valence-electron chi connectivity index (χ3n) is 11.4. The van der Waals surface area contributed by atoms with Crippen LogP contribution in [0.3, 0.4) is 0 Å². The van der Waals surface area contributed by atoms with Crippen LogP contribution in [0.15, 0.2) is 206 Å². The van der Waals surface area contributed by atoms with E-state index in [-0.39, 0.29) is 0 Å². The van der Waals surface area contributed by atoms with E-state index in [1.54, 1.807) is 0 Å². The second-order valence-electron chi connectivity index (χ2n) is 14.5. The molecule has 0 aliphatic heterocycles. The Kier molecular flexibility index (Phi) is 7.61. The lowest BCUT2D eigenvalue weighted by Gasteiger charge is -2.34. The molecule has 2 nitrogen and oxygen atoms in total. The first-order valence-electron chi connectivity index (χ1n) is 19.1. The minimum atomic E-state index is -0.457. The molecular formula is C53H34N2S. The van der Waals surface area contributed by atoms with E-state index in [1.165, 1.54) is 53.6 Å². The molecule has 10 aromatic rings. The van der Waals surface area contributed by atoms with Crippen molar-refractivity contribution in [3.8, 4) is 56.2 Å². The van der Waals surface area contributed by atoms with Gasteiger partial charge in [-0.15, -0.1) is 11.3 Å². The van der Waals surface area contributed by atoms with Crippen LogP contribution in [-0.2, 0) is 5.41 Å². The van der Waals surface area contributed by atoms with Crippen molar-refractivity contribution in [3.05, 3.63) is 229 Å². The highest BCUT2D eigenvalue weighted by Gasteiger charge is 2.45. The molecule has 0 saturated heterocycles. The van der Waals surface area contributed by atoms with Crippen LogP contribution in [-0.4, -0.2) is 9.97 Å². The molecule has 2 heterocycles. The molecule has 0 atom stereocenters. The number of thiophene rings is 1. The van der Waals surface area contributed by atoms with E-state index in [9.17, 15) is 0 Å². The highest BCUT2D eigenvalue weighted by Crippen LogP contribution is 2.56. The normalized spacial score (nSPS) is 12.8. The van der Waals surface area contributed by atoms with Gasteiger partial charge in [0, 0.05) is 36.9 Å². The van der Waals surface area contributed by atoms with Crippen molar-refractivity contribution in [3.63, 3.8) is 0 Å². The largest absolute Gasteiger partial charge is 0.228 e. The number of nitrogens with zero attached hydrogens (tertiary/aromatic N) is 2. The Morgan fingerprint density at radius 3 is 1.68 bits per heavy atom. The van der Waals surface area contributed by atoms with Gasteiger partial charge in [-0.3, -0.25) is 0 Å². The van der Waals surface area contributed by atoms with Crippen LogP contribution in [0.5, 0.6) is 0 Å². The summed E-state index contributed by atoms with van der Waals surface area (Å²) in [7, 11) is 0. The van der Waals surface area contributed by atoms with E-state index in [0.717, 1.165) is 39.2 Å². The summed E-state index contributed by atoms with van der Waals surface area (Å²) in [5.41, 5.74) is 14.5. The highest BCUT2D eigenvalue weighted by atomic mass is 32.1. The van der Waals surface area contributed by atoms with Gasteiger partial charge in [0.25, 0.3) is 0 Å². The number of benzene rings is 8. The molecule has 262 valence electrons. The number of hydrogen-bond donors (Lipinski definition) is 0. The summed E-state index contributed by atoms with van der Waals surface area (Å²) >= 11 is 1.83. The van der Waals surface area contributed by atoms with Crippen LogP contribution in [0.25, 0.3) is 76.3 Å².